The van der Waals surface area contributed by atoms with Crippen molar-refractivity contribution in [2.75, 3.05) is 0 Å². The first-order valence-corrected chi connectivity index (χ1v) is 6.80. The fraction of sp³-hybridized carbons (Fsp3) is 0.462. The number of carbonyl (C=O) groups excluding carboxylic acids is 1. The Morgan fingerprint density at radius 2 is 2.22 bits per heavy atom. The van der Waals surface area contributed by atoms with Crippen LogP contribution in [0.3, 0.4) is 0 Å². The van der Waals surface area contributed by atoms with Crippen molar-refractivity contribution in [3.8, 4) is 0 Å². The summed E-state index contributed by atoms with van der Waals surface area (Å²) in [6.45, 7) is 0. The Labute approximate surface area is 114 Å². The van der Waals surface area contributed by atoms with Gasteiger partial charge in [0.2, 0.25) is 0 Å². The summed E-state index contributed by atoms with van der Waals surface area (Å²) >= 11 is 3.05. The van der Waals surface area contributed by atoms with E-state index in [2.05, 4.69) is 21.2 Å². The van der Waals surface area contributed by atoms with Crippen LogP contribution in [0.15, 0.2) is 22.7 Å². The van der Waals surface area contributed by atoms with Gasteiger partial charge in [0.15, 0.2) is 0 Å². The number of halogens is 2. The number of nitrogens with one attached hydrogen (secondary N) is 1. The number of rotatable bonds is 2. The van der Waals surface area contributed by atoms with Gasteiger partial charge < -0.3 is 10.4 Å². The lowest BCUT2D eigenvalue weighted by atomic mass is 9.93. The predicted octanol–water partition coefficient (Wildman–Crippen LogP) is 2.62. The zero-order valence-electron chi connectivity index (χ0n) is 9.83. The number of benzene rings is 1. The summed E-state index contributed by atoms with van der Waals surface area (Å²) in [5.74, 6) is -0.973. The molecular weight excluding hydrogens is 301 g/mol. The van der Waals surface area contributed by atoms with Crippen LogP contribution in [-0.4, -0.2) is 23.2 Å². The van der Waals surface area contributed by atoms with Gasteiger partial charge in [0, 0.05) is 6.04 Å². The highest BCUT2D eigenvalue weighted by Crippen LogP contribution is 2.21. The quantitative estimate of drug-likeness (QED) is 0.881. The third kappa shape index (κ3) is 3.09. The van der Waals surface area contributed by atoms with E-state index in [9.17, 15) is 14.3 Å². The number of aliphatic hydroxyl groups is 1. The molecule has 0 heterocycles. The Bertz CT molecular complexity index is 453. The van der Waals surface area contributed by atoms with Crippen LogP contribution < -0.4 is 5.32 Å². The van der Waals surface area contributed by atoms with E-state index in [1.54, 1.807) is 12.1 Å². The van der Waals surface area contributed by atoms with Crippen molar-refractivity contribution in [3.05, 3.63) is 34.1 Å². The maximum Gasteiger partial charge on any atom is 0.254 e. The van der Waals surface area contributed by atoms with Crippen molar-refractivity contribution in [1.29, 1.82) is 0 Å². The van der Waals surface area contributed by atoms with Crippen molar-refractivity contribution in [1.82, 2.24) is 5.32 Å². The molecule has 2 atom stereocenters. The van der Waals surface area contributed by atoms with Crippen molar-refractivity contribution in [3.63, 3.8) is 0 Å². The predicted molar refractivity (Wildman–Crippen MR) is 69.8 cm³/mol. The summed E-state index contributed by atoms with van der Waals surface area (Å²) in [4.78, 5) is 11.9. The van der Waals surface area contributed by atoms with Gasteiger partial charge in [0.05, 0.1) is 16.1 Å². The zero-order valence-corrected chi connectivity index (χ0v) is 11.4. The highest BCUT2D eigenvalue weighted by molar-refractivity contribution is 9.10. The van der Waals surface area contributed by atoms with Gasteiger partial charge >= 0.3 is 0 Å². The molecule has 1 saturated carbocycles. The molecule has 98 valence electrons. The van der Waals surface area contributed by atoms with E-state index in [1.165, 1.54) is 6.07 Å². The molecule has 3 nitrogen and oxygen atoms in total. The van der Waals surface area contributed by atoms with E-state index in [0.717, 1.165) is 19.3 Å². The van der Waals surface area contributed by atoms with E-state index < -0.39 is 11.7 Å². The molecule has 1 aliphatic rings. The van der Waals surface area contributed by atoms with Crippen LogP contribution in [0.25, 0.3) is 0 Å². The third-order valence-electron chi connectivity index (χ3n) is 3.18. The fourth-order valence-corrected chi connectivity index (χ4v) is 2.60. The lowest BCUT2D eigenvalue weighted by Gasteiger charge is -2.26. The highest BCUT2D eigenvalue weighted by atomic mass is 79.9. The first-order chi connectivity index (χ1) is 8.58. The maximum atomic E-state index is 13.7. The number of carbonyl (C=O) groups is 1. The molecule has 2 unspecified atom stereocenters. The molecule has 0 saturated heterocycles. The molecule has 0 bridgehead atoms. The fourth-order valence-electron chi connectivity index (χ4n) is 2.24. The average molecular weight is 316 g/mol. The van der Waals surface area contributed by atoms with Gasteiger partial charge in [-0.2, -0.15) is 0 Å². The average Bonchev–Trinajstić information content (AvgIpc) is 2.32. The molecule has 0 spiro atoms. The van der Waals surface area contributed by atoms with Gasteiger partial charge in [-0.3, -0.25) is 4.79 Å². The van der Waals surface area contributed by atoms with Crippen molar-refractivity contribution in [2.45, 2.75) is 37.8 Å². The van der Waals surface area contributed by atoms with Crippen LogP contribution in [0.5, 0.6) is 0 Å². The maximum absolute atomic E-state index is 13.7. The number of aliphatic hydroxyl groups excluding tert-OH is 1. The number of amides is 1. The minimum atomic E-state index is -0.550. The molecule has 1 aliphatic carbocycles. The van der Waals surface area contributed by atoms with Crippen molar-refractivity contribution >= 4 is 21.8 Å². The Balaban J connectivity index is 2.05. The SMILES string of the molecule is O=C(NC1CCCC(O)C1)c1cccc(Br)c1F. The minimum Gasteiger partial charge on any atom is -0.393 e. The van der Waals surface area contributed by atoms with Crippen LogP contribution in [0.1, 0.15) is 36.0 Å². The van der Waals surface area contributed by atoms with Crippen molar-refractivity contribution in [2.24, 2.45) is 0 Å². The smallest absolute Gasteiger partial charge is 0.254 e. The second kappa shape index (κ2) is 5.80. The van der Waals surface area contributed by atoms with Gasteiger partial charge in [0.25, 0.3) is 5.91 Å². The lowest BCUT2D eigenvalue weighted by Crippen LogP contribution is -2.40. The normalized spacial score (nSPS) is 23.7. The molecule has 1 aromatic rings. The molecule has 2 N–H and O–H groups in total. The second-order valence-corrected chi connectivity index (χ2v) is 5.45. The summed E-state index contributed by atoms with van der Waals surface area (Å²) in [6.07, 6.45) is 2.67. The van der Waals surface area contributed by atoms with Crippen LogP contribution in [0, 0.1) is 5.82 Å². The summed E-state index contributed by atoms with van der Waals surface area (Å²) in [5.41, 5.74) is 0.0319. The van der Waals surface area contributed by atoms with E-state index in [4.69, 9.17) is 0 Å². The van der Waals surface area contributed by atoms with Gasteiger partial charge in [-0.1, -0.05) is 6.07 Å². The molecule has 0 aromatic heterocycles. The molecule has 5 heteroatoms. The molecule has 0 aliphatic heterocycles. The number of hydrogen-bond donors (Lipinski definition) is 2. The summed E-state index contributed by atoms with van der Waals surface area (Å²) in [6, 6.07) is 4.56. The molecular formula is C13H15BrFNO2. The Morgan fingerprint density at radius 3 is 2.94 bits per heavy atom. The van der Waals surface area contributed by atoms with E-state index in [1.807, 2.05) is 0 Å². The second-order valence-electron chi connectivity index (χ2n) is 4.59. The standard InChI is InChI=1S/C13H15BrFNO2/c14-11-6-2-5-10(12(11)15)13(18)16-8-3-1-4-9(17)7-8/h2,5-6,8-9,17H,1,3-4,7H2,(H,16,18). The minimum absolute atomic E-state index is 0.0319. The first-order valence-electron chi connectivity index (χ1n) is 6.01. The van der Waals surface area contributed by atoms with Gasteiger partial charge in [0.1, 0.15) is 5.82 Å². The van der Waals surface area contributed by atoms with Crippen LogP contribution in [0.4, 0.5) is 4.39 Å². The molecule has 1 fully saturated rings. The van der Waals surface area contributed by atoms with Crippen LogP contribution in [0.2, 0.25) is 0 Å². The number of hydrogen-bond acceptors (Lipinski definition) is 2. The van der Waals surface area contributed by atoms with E-state index in [0.29, 0.717) is 6.42 Å². The van der Waals surface area contributed by atoms with Crippen LogP contribution in [-0.2, 0) is 0 Å². The topological polar surface area (TPSA) is 49.3 Å². The van der Waals surface area contributed by atoms with Gasteiger partial charge in [-0.05, 0) is 53.7 Å². The lowest BCUT2D eigenvalue weighted by molar-refractivity contribution is 0.0846. The first kappa shape index (κ1) is 13.5. The highest BCUT2D eigenvalue weighted by Gasteiger charge is 2.23. The summed E-state index contributed by atoms with van der Waals surface area (Å²) < 4.78 is 14.0. The van der Waals surface area contributed by atoms with E-state index in [-0.39, 0.29) is 22.2 Å². The molecule has 2 rings (SSSR count). The summed E-state index contributed by atoms with van der Waals surface area (Å²) in [7, 11) is 0. The zero-order chi connectivity index (χ0) is 13.1. The Hall–Kier alpha value is -0.940. The van der Waals surface area contributed by atoms with E-state index >= 15 is 0 Å². The summed E-state index contributed by atoms with van der Waals surface area (Å²) in [5, 5.41) is 12.3. The third-order valence-corrected chi connectivity index (χ3v) is 3.79. The van der Waals surface area contributed by atoms with Gasteiger partial charge in [-0.25, -0.2) is 4.39 Å². The van der Waals surface area contributed by atoms with Crippen LogP contribution >= 0.6 is 15.9 Å². The molecule has 18 heavy (non-hydrogen) atoms. The molecule has 1 aromatic carbocycles. The van der Waals surface area contributed by atoms with Crippen molar-refractivity contribution < 1.29 is 14.3 Å². The molecule has 0 radical (unpaired) electrons. The molecule has 1 amide bonds. The van der Waals surface area contributed by atoms with Gasteiger partial charge in [-0.15, -0.1) is 0 Å². The Kier molecular flexibility index (Phi) is 4.35. The Morgan fingerprint density at radius 1 is 1.44 bits per heavy atom. The largest absolute Gasteiger partial charge is 0.393 e. The monoisotopic (exact) mass is 315 g/mol.